The Hall–Kier alpha value is -1.59. The largest absolute Gasteiger partial charge is 0.695 e. The molecule has 0 aliphatic rings. The summed E-state index contributed by atoms with van der Waals surface area (Å²) in [7, 11) is -2.82. The maximum absolute atomic E-state index is 11.5. The summed E-state index contributed by atoms with van der Waals surface area (Å²) in [6.45, 7) is 12.3. The lowest BCUT2D eigenvalue weighted by Crippen LogP contribution is -2.33. The number of rotatable bonds is 15. The van der Waals surface area contributed by atoms with Crippen molar-refractivity contribution in [3.63, 3.8) is 0 Å². The fourth-order valence-corrected chi connectivity index (χ4v) is 2.92. The summed E-state index contributed by atoms with van der Waals surface area (Å²) in [5.41, 5.74) is 7.60. The van der Waals surface area contributed by atoms with Gasteiger partial charge in [-0.3, -0.25) is 9.63 Å². The minimum Gasteiger partial charge on any atom is -0.270 e. The van der Waals surface area contributed by atoms with E-state index in [1.807, 2.05) is 13.0 Å². The van der Waals surface area contributed by atoms with Crippen LogP contribution in [0.2, 0.25) is 0 Å². The van der Waals surface area contributed by atoms with E-state index >= 15 is 0 Å². The monoisotopic (exact) mass is 440 g/mol. The van der Waals surface area contributed by atoms with E-state index in [1.54, 1.807) is 0 Å². The van der Waals surface area contributed by atoms with E-state index in [-0.39, 0.29) is 6.61 Å². The van der Waals surface area contributed by atoms with E-state index in [1.165, 1.54) is 29.2 Å². The van der Waals surface area contributed by atoms with Gasteiger partial charge in [0.05, 0.1) is 6.61 Å². The molecule has 0 aromatic rings. The van der Waals surface area contributed by atoms with Gasteiger partial charge >= 0.3 is 8.25 Å². The van der Waals surface area contributed by atoms with Gasteiger partial charge in [-0.1, -0.05) is 46.6 Å². The highest BCUT2D eigenvalue weighted by molar-refractivity contribution is 7.32. The van der Waals surface area contributed by atoms with Gasteiger partial charge in [0.15, 0.2) is 6.10 Å². The maximum Gasteiger partial charge on any atom is 0.695 e. The van der Waals surface area contributed by atoms with Crippen LogP contribution in [0.4, 0.5) is 0 Å². The summed E-state index contributed by atoms with van der Waals surface area (Å²) in [6, 6.07) is 0. The van der Waals surface area contributed by atoms with Gasteiger partial charge in [0, 0.05) is 4.57 Å². The Bertz CT molecular complexity index is 661. The Balaban J connectivity index is 4.04. The summed E-state index contributed by atoms with van der Waals surface area (Å²) in [4.78, 5) is 25.2. The van der Waals surface area contributed by atoms with Crippen LogP contribution in [0.5, 0.6) is 0 Å². The Labute approximate surface area is 183 Å². The molecule has 0 saturated heterocycles. The van der Waals surface area contributed by atoms with Crippen molar-refractivity contribution in [3.05, 3.63) is 46.6 Å². The number of carbonyl (C=O) groups is 1. The summed E-state index contributed by atoms with van der Waals surface area (Å²) < 4.78 is 15.0. The van der Waals surface area contributed by atoms with Crippen molar-refractivity contribution in [1.82, 2.24) is 5.48 Å². The number of carbonyl (C=O) groups excluding carboxylic acids is 1. The van der Waals surface area contributed by atoms with Gasteiger partial charge in [0.1, 0.15) is 0 Å². The lowest BCUT2D eigenvalue weighted by Gasteiger charge is -2.06. The van der Waals surface area contributed by atoms with E-state index in [2.05, 4.69) is 55.9 Å². The Morgan fingerprint density at radius 2 is 1.37 bits per heavy atom. The van der Waals surface area contributed by atoms with Crippen molar-refractivity contribution in [2.24, 2.45) is 0 Å². The highest BCUT2D eigenvalue weighted by Gasteiger charge is 2.25. The molecule has 0 aliphatic carbocycles. The van der Waals surface area contributed by atoms with Crippen molar-refractivity contribution in [2.75, 3.05) is 6.61 Å². The molecule has 0 bridgehead atoms. The first-order chi connectivity index (χ1) is 14.1. The van der Waals surface area contributed by atoms with Gasteiger partial charge < -0.3 is 0 Å². The van der Waals surface area contributed by atoms with Gasteiger partial charge in [0.2, 0.25) is 0 Å². The van der Waals surface area contributed by atoms with Gasteiger partial charge in [-0.2, -0.15) is 0 Å². The number of hydrogen-bond donors (Lipinski definition) is 2. The second kappa shape index (κ2) is 17.1. The smallest absolute Gasteiger partial charge is 0.270 e. The highest BCUT2D eigenvalue weighted by Crippen LogP contribution is 2.17. The van der Waals surface area contributed by atoms with E-state index in [9.17, 15) is 9.36 Å². The summed E-state index contributed by atoms with van der Waals surface area (Å²) in [5, 5.41) is 0. The normalized spacial score (nSPS) is 14.4. The van der Waals surface area contributed by atoms with Crippen molar-refractivity contribution >= 4 is 14.2 Å². The van der Waals surface area contributed by atoms with E-state index in [4.69, 9.17) is 9.73 Å². The third-order valence-electron chi connectivity index (χ3n) is 4.46. The summed E-state index contributed by atoms with van der Waals surface area (Å²) in [5.74, 6) is -0.599. The molecule has 30 heavy (non-hydrogen) atoms. The molecule has 170 valence electrons. The molecule has 0 aliphatic heterocycles. The minimum atomic E-state index is -2.82. The number of hydrogen-bond acceptors (Lipinski definition) is 4. The highest BCUT2D eigenvalue weighted by atomic mass is 31.1. The van der Waals surface area contributed by atoms with Crippen LogP contribution in [0.1, 0.15) is 80.1 Å². The molecule has 7 heteroatoms. The van der Waals surface area contributed by atoms with Crippen LogP contribution in [-0.4, -0.2) is 23.5 Å². The second-order valence-electron chi connectivity index (χ2n) is 7.81. The van der Waals surface area contributed by atoms with Crippen molar-refractivity contribution < 1.29 is 23.6 Å². The third kappa shape index (κ3) is 17.3. The second-order valence-corrected chi connectivity index (χ2v) is 8.50. The van der Waals surface area contributed by atoms with E-state index in [0.717, 1.165) is 38.5 Å². The van der Waals surface area contributed by atoms with Crippen LogP contribution in [-0.2, 0) is 18.7 Å². The molecule has 0 spiro atoms. The van der Waals surface area contributed by atoms with Crippen LogP contribution < -0.4 is 5.48 Å². The van der Waals surface area contributed by atoms with Gasteiger partial charge in [-0.25, -0.2) is 5.48 Å². The first-order valence-electron chi connectivity index (χ1n) is 10.5. The SMILES string of the molecule is CC(C)=CCC/C(C)=C/CC/C(C)=C/CC/C(C)=C/CONC(=O)C(C)O[P+](=O)O. The fraction of sp³-hybridized carbons (Fsp3) is 0.609. The van der Waals surface area contributed by atoms with Crippen molar-refractivity contribution in [3.8, 4) is 0 Å². The lowest BCUT2D eigenvalue weighted by atomic mass is 10.0. The molecule has 1 amide bonds. The molecule has 6 nitrogen and oxygen atoms in total. The van der Waals surface area contributed by atoms with Gasteiger partial charge in [0.25, 0.3) is 5.91 Å². The zero-order valence-electron chi connectivity index (χ0n) is 19.4. The standard InChI is InChI=1S/C23H38NO5P/c1-18(2)10-7-11-19(3)12-8-13-20(4)14-9-15-21(5)16-17-28-24-23(25)22(6)29-30(26)27/h10,12,14,16,22H,7-9,11,13,15,17H2,1-6H3,(H-,24,25,26,27)/p+1/b19-12+,20-14+,21-16+. The zero-order valence-corrected chi connectivity index (χ0v) is 20.3. The zero-order chi connectivity index (χ0) is 22.9. The molecule has 0 aromatic carbocycles. The van der Waals surface area contributed by atoms with Gasteiger partial charge in [-0.15, -0.1) is 9.42 Å². The minimum absolute atomic E-state index is 0.231. The average molecular weight is 441 g/mol. The number of hydroxylamine groups is 1. The number of amides is 1. The van der Waals surface area contributed by atoms with Crippen molar-refractivity contribution in [2.45, 2.75) is 86.2 Å². The Morgan fingerprint density at radius 1 is 0.900 bits per heavy atom. The predicted octanol–water partition coefficient (Wildman–Crippen LogP) is 6.23. The summed E-state index contributed by atoms with van der Waals surface area (Å²) in [6.07, 6.45) is 14.1. The van der Waals surface area contributed by atoms with E-state index < -0.39 is 20.3 Å². The summed E-state index contributed by atoms with van der Waals surface area (Å²) >= 11 is 0. The third-order valence-corrected chi connectivity index (χ3v) is 4.96. The molecule has 0 heterocycles. The number of nitrogens with one attached hydrogen (secondary N) is 1. The molecule has 2 unspecified atom stereocenters. The van der Waals surface area contributed by atoms with Crippen LogP contribution in [0, 0.1) is 0 Å². The van der Waals surface area contributed by atoms with Crippen LogP contribution in [0.15, 0.2) is 46.6 Å². The quantitative estimate of drug-likeness (QED) is 0.136. The van der Waals surface area contributed by atoms with Crippen molar-refractivity contribution in [1.29, 1.82) is 0 Å². The molecular formula is C23H39NO5P+. The molecule has 0 aromatic heterocycles. The fourth-order valence-electron chi connectivity index (χ4n) is 2.55. The van der Waals surface area contributed by atoms with Crippen LogP contribution in [0.3, 0.4) is 0 Å². The Morgan fingerprint density at radius 3 is 1.83 bits per heavy atom. The lowest BCUT2D eigenvalue weighted by molar-refractivity contribution is -0.139. The molecule has 0 saturated carbocycles. The van der Waals surface area contributed by atoms with Crippen LogP contribution >= 0.6 is 8.25 Å². The molecule has 0 rings (SSSR count). The molecule has 0 fully saturated rings. The molecular weight excluding hydrogens is 401 g/mol. The molecule has 2 N–H and O–H groups in total. The van der Waals surface area contributed by atoms with Crippen LogP contribution in [0.25, 0.3) is 0 Å². The first-order valence-corrected chi connectivity index (χ1v) is 11.6. The first kappa shape index (κ1) is 28.4. The molecule has 2 atom stereocenters. The topological polar surface area (TPSA) is 84.9 Å². The number of allylic oxidation sites excluding steroid dienone is 7. The van der Waals surface area contributed by atoms with E-state index in [0.29, 0.717) is 0 Å². The Kier molecular flexibility index (Phi) is 16.2. The van der Waals surface area contributed by atoms with Gasteiger partial charge in [-0.05, 0) is 80.1 Å². The molecule has 0 radical (unpaired) electrons. The predicted molar refractivity (Wildman–Crippen MR) is 123 cm³/mol. The average Bonchev–Trinajstić information content (AvgIpc) is 2.64. The maximum atomic E-state index is 11.5.